The smallest absolute Gasteiger partial charge is 0.407 e. The number of hydrogen-bond donors (Lipinski definition) is 2. The second-order valence-corrected chi connectivity index (χ2v) is 19.5. The maximum atomic E-state index is 16.0. The van der Waals surface area contributed by atoms with Crippen molar-refractivity contribution in [2.24, 2.45) is 0 Å². The number of carboxylic acid groups (broad SMARTS) is 1. The monoisotopic (exact) mass is 896 g/mol. The number of para-hydroxylation sites is 1. The van der Waals surface area contributed by atoms with E-state index in [9.17, 15) is 18.3 Å². The van der Waals surface area contributed by atoms with Gasteiger partial charge in [0.25, 0.3) is 0 Å². The molecule has 0 saturated carbocycles. The zero-order chi connectivity index (χ0) is 43.8. The van der Waals surface area contributed by atoms with Gasteiger partial charge in [0.1, 0.15) is 27.4 Å². The van der Waals surface area contributed by atoms with Crippen molar-refractivity contribution < 1.29 is 40.9 Å². The molecule has 3 heterocycles. The summed E-state index contributed by atoms with van der Waals surface area (Å²) in [5.74, 6) is 1.67. The third kappa shape index (κ3) is 8.11. The molecule has 7 aromatic rings. The molecule has 0 atom stereocenters. The molecule has 1 amide bonds. The molecule has 17 nitrogen and oxygen atoms in total. The molecule has 5 aromatic carbocycles. The van der Waals surface area contributed by atoms with E-state index in [0.29, 0.717) is 44.2 Å². The maximum absolute atomic E-state index is 16.0. The quantitative estimate of drug-likeness (QED) is 0.124. The topological polar surface area (TPSA) is 222 Å². The van der Waals surface area contributed by atoms with Crippen molar-refractivity contribution in [3.05, 3.63) is 120 Å². The minimum atomic E-state index is -4.93. The third-order valence-corrected chi connectivity index (χ3v) is 15.6. The number of sulfone groups is 1. The summed E-state index contributed by atoms with van der Waals surface area (Å²) < 4.78 is 81.3. The number of carbonyl (C=O) groups is 1. The second-order valence-electron chi connectivity index (χ2n) is 14.4. The fourth-order valence-electron chi connectivity index (χ4n) is 7.26. The van der Waals surface area contributed by atoms with E-state index in [1.807, 2.05) is 6.07 Å². The first-order valence-electron chi connectivity index (χ1n) is 19.0. The molecule has 8 rings (SSSR count). The maximum Gasteiger partial charge on any atom is 0.407 e. The number of nitrogens with two attached hydrogens (primary N) is 1. The molecule has 320 valence electrons. The standard InChI is InChI=1S/C42H40N8O9S3/c1-57-29-13-7-26(8-14-29)21-49(22-27-9-15-30(58-2)16-10-27)62(55,56)39-36(61(53,54)32-24-48(25-32)42(51)52)20-19-33(34-5-4-6-35-38(34)44-41(43)60-35)37(39)40-45-46-47-50(40)23-28-11-17-31(59-3)18-12-28/h4-20,32H,21-25H2,1-3H3,(H2,43,44)(H,51,52). The number of nitrogen functional groups attached to an aromatic ring is 1. The van der Waals surface area contributed by atoms with E-state index >= 15 is 8.42 Å². The predicted octanol–water partition coefficient (Wildman–Crippen LogP) is 5.80. The molecule has 0 unspecified atom stereocenters. The molecule has 1 aliphatic rings. The number of thiazole rings is 1. The fourth-order valence-corrected chi connectivity index (χ4v) is 12.1. The van der Waals surface area contributed by atoms with Gasteiger partial charge in [0.05, 0.1) is 48.5 Å². The van der Waals surface area contributed by atoms with Gasteiger partial charge in [-0.05, 0) is 81.2 Å². The van der Waals surface area contributed by atoms with Crippen LogP contribution in [0.4, 0.5) is 9.93 Å². The van der Waals surface area contributed by atoms with Gasteiger partial charge >= 0.3 is 6.09 Å². The lowest BCUT2D eigenvalue weighted by atomic mass is 9.98. The van der Waals surface area contributed by atoms with Crippen molar-refractivity contribution in [1.29, 1.82) is 0 Å². The number of ether oxygens (including phenoxy) is 3. The minimum Gasteiger partial charge on any atom is -0.497 e. The highest BCUT2D eigenvalue weighted by Crippen LogP contribution is 2.45. The number of tetrazole rings is 1. The van der Waals surface area contributed by atoms with Crippen molar-refractivity contribution in [1.82, 2.24) is 34.4 Å². The number of nitrogens with zero attached hydrogens (tertiary/aromatic N) is 7. The van der Waals surface area contributed by atoms with Crippen LogP contribution in [-0.4, -0.2) is 102 Å². The first-order chi connectivity index (χ1) is 29.8. The average molecular weight is 897 g/mol. The number of fused-ring (bicyclic) bond motifs is 1. The zero-order valence-electron chi connectivity index (χ0n) is 33.6. The first-order valence-corrected chi connectivity index (χ1v) is 22.8. The Kier molecular flexibility index (Phi) is 11.6. The number of aromatic nitrogens is 5. The molecule has 0 spiro atoms. The Labute approximate surface area is 360 Å². The summed E-state index contributed by atoms with van der Waals surface area (Å²) in [6, 6.07) is 28.9. The van der Waals surface area contributed by atoms with Crippen LogP contribution >= 0.6 is 11.3 Å². The number of hydrogen-bond acceptors (Lipinski definition) is 14. The lowest BCUT2D eigenvalue weighted by Gasteiger charge is -2.37. The van der Waals surface area contributed by atoms with Crippen molar-refractivity contribution in [2.75, 3.05) is 40.2 Å². The highest BCUT2D eigenvalue weighted by atomic mass is 32.2. The van der Waals surface area contributed by atoms with Crippen molar-refractivity contribution in [2.45, 2.75) is 34.7 Å². The molecular weight excluding hydrogens is 857 g/mol. The summed E-state index contributed by atoms with van der Waals surface area (Å²) in [7, 11) is -4.92. The van der Waals surface area contributed by atoms with Crippen LogP contribution < -0.4 is 19.9 Å². The van der Waals surface area contributed by atoms with Gasteiger partial charge in [-0.3, -0.25) is 0 Å². The molecule has 1 aliphatic heterocycles. The van der Waals surface area contributed by atoms with Gasteiger partial charge in [-0.2, -0.15) is 4.31 Å². The van der Waals surface area contributed by atoms with Crippen molar-refractivity contribution in [3.8, 4) is 39.8 Å². The van der Waals surface area contributed by atoms with E-state index in [4.69, 9.17) is 19.9 Å². The lowest BCUT2D eigenvalue weighted by Crippen LogP contribution is -2.56. The summed E-state index contributed by atoms with van der Waals surface area (Å²) >= 11 is 1.24. The summed E-state index contributed by atoms with van der Waals surface area (Å²) in [4.78, 5) is 16.3. The molecule has 0 aliphatic carbocycles. The number of methoxy groups -OCH3 is 3. The van der Waals surface area contributed by atoms with Crippen LogP contribution in [-0.2, 0) is 39.5 Å². The van der Waals surface area contributed by atoms with Gasteiger partial charge in [0, 0.05) is 31.7 Å². The van der Waals surface area contributed by atoms with Crippen LogP contribution in [0, 0.1) is 0 Å². The van der Waals surface area contributed by atoms with Gasteiger partial charge in [-0.15, -0.1) is 5.10 Å². The number of likely N-dealkylation sites (tertiary alicyclic amines) is 1. The Hall–Kier alpha value is -6.61. The van der Waals surface area contributed by atoms with Crippen LogP contribution in [0.15, 0.2) is 113 Å². The van der Waals surface area contributed by atoms with Gasteiger partial charge in [0.15, 0.2) is 20.8 Å². The van der Waals surface area contributed by atoms with E-state index in [1.165, 1.54) is 46.7 Å². The first kappa shape index (κ1) is 42.1. The summed E-state index contributed by atoms with van der Waals surface area (Å²) in [5, 5.41) is 21.4. The molecule has 3 N–H and O–H groups in total. The average Bonchev–Trinajstić information content (AvgIpc) is 3.88. The summed E-state index contributed by atoms with van der Waals surface area (Å²) in [6.45, 7) is -1.07. The third-order valence-electron chi connectivity index (χ3n) is 10.6. The molecule has 62 heavy (non-hydrogen) atoms. The minimum absolute atomic E-state index is 0.0493. The Morgan fingerprint density at radius 1 is 0.790 bits per heavy atom. The van der Waals surface area contributed by atoms with Crippen LogP contribution in [0.1, 0.15) is 16.7 Å². The molecule has 0 bridgehead atoms. The van der Waals surface area contributed by atoms with Gasteiger partial charge in [-0.1, -0.05) is 65.9 Å². The van der Waals surface area contributed by atoms with Gasteiger partial charge in [0.2, 0.25) is 10.0 Å². The van der Waals surface area contributed by atoms with Crippen molar-refractivity contribution in [3.63, 3.8) is 0 Å². The lowest BCUT2D eigenvalue weighted by molar-refractivity contribution is 0.120. The Balaban J connectivity index is 1.42. The predicted molar refractivity (Wildman–Crippen MR) is 231 cm³/mol. The summed E-state index contributed by atoms with van der Waals surface area (Å²) in [5.41, 5.74) is 9.15. The van der Waals surface area contributed by atoms with Crippen LogP contribution in [0.25, 0.3) is 32.7 Å². The van der Waals surface area contributed by atoms with E-state index < -0.39 is 41.0 Å². The highest BCUT2D eigenvalue weighted by molar-refractivity contribution is 7.94. The fraction of sp³-hybridized carbons (Fsp3) is 0.214. The van der Waals surface area contributed by atoms with Gasteiger partial charge < -0.3 is 30.0 Å². The second kappa shape index (κ2) is 17.0. The number of benzene rings is 5. The molecule has 0 radical (unpaired) electrons. The van der Waals surface area contributed by atoms with E-state index in [-0.39, 0.29) is 54.8 Å². The Morgan fingerprint density at radius 2 is 1.35 bits per heavy atom. The highest BCUT2D eigenvalue weighted by Gasteiger charge is 2.45. The van der Waals surface area contributed by atoms with Crippen LogP contribution in [0.2, 0.25) is 0 Å². The molecule has 1 saturated heterocycles. The van der Waals surface area contributed by atoms with Crippen LogP contribution in [0.5, 0.6) is 17.2 Å². The van der Waals surface area contributed by atoms with Crippen molar-refractivity contribution >= 4 is 52.6 Å². The number of rotatable bonds is 15. The number of anilines is 1. The van der Waals surface area contributed by atoms with Gasteiger partial charge in [-0.25, -0.2) is 31.3 Å². The molecule has 20 heteroatoms. The molecular formula is C42H40N8O9S3. The largest absolute Gasteiger partial charge is 0.497 e. The van der Waals surface area contributed by atoms with E-state index in [0.717, 1.165) is 10.5 Å². The summed E-state index contributed by atoms with van der Waals surface area (Å²) in [6.07, 6.45) is -1.29. The van der Waals surface area contributed by atoms with Crippen LogP contribution in [0.3, 0.4) is 0 Å². The number of sulfonamides is 1. The Morgan fingerprint density at radius 3 is 1.90 bits per heavy atom. The zero-order valence-corrected chi connectivity index (χ0v) is 36.0. The SMILES string of the molecule is COc1ccc(CN(Cc2ccc(OC)cc2)S(=O)(=O)c2c(S(=O)(=O)C3CN(C(=O)O)C3)ccc(-c3cccc4sc(N)nc34)c2-c2nnnn2Cc2ccc(OC)cc2)cc1. The normalized spacial score (nSPS) is 13.3. The molecule has 2 aromatic heterocycles. The number of amides is 1. The Bertz CT molecular complexity index is 2940. The van der Waals surface area contributed by atoms with E-state index in [2.05, 4.69) is 20.5 Å². The van der Waals surface area contributed by atoms with E-state index in [1.54, 1.807) is 92.0 Å². The molecule has 1 fully saturated rings.